The minimum absolute atomic E-state index is 0. The summed E-state index contributed by atoms with van der Waals surface area (Å²) < 4.78 is 0. The largest absolute Gasteiger partial charge is 0.481 e. The molecule has 0 bridgehead atoms. The molecule has 1 N–H and O–H groups in total. The highest BCUT2D eigenvalue weighted by molar-refractivity contribution is 5.67. The van der Waals surface area contributed by atoms with E-state index in [2.05, 4.69) is 0 Å². The second-order valence-electron chi connectivity index (χ2n) is 2.91. The molecule has 12 heavy (non-hydrogen) atoms. The van der Waals surface area contributed by atoms with E-state index >= 15 is 0 Å². The van der Waals surface area contributed by atoms with Gasteiger partial charge in [0.25, 0.3) is 0 Å². The summed E-state index contributed by atoms with van der Waals surface area (Å²) in [6.07, 6.45) is 0.198. The zero-order valence-electron chi connectivity index (χ0n) is 7.03. The molecule has 0 saturated heterocycles. The van der Waals surface area contributed by atoms with Crippen molar-refractivity contribution < 1.29 is 12.8 Å². The Hall–Kier alpha value is -1.31. The van der Waals surface area contributed by atoms with Crippen LogP contribution >= 0.6 is 0 Å². The maximum Gasteiger partial charge on any atom is 0.303 e. The minimum atomic E-state index is -0.744. The van der Waals surface area contributed by atoms with E-state index in [9.17, 15) is 4.79 Å². The van der Waals surface area contributed by atoms with Gasteiger partial charge in [0.05, 0.1) is 6.42 Å². The van der Waals surface area contributed by atoms with Gasteiger partial charge in [0, 0.05) is 2.85 Å². The van der Waals surface area contributed by atoms with Gasteiger partial charge in [-0.25, -0.2) is 0 Å². The van der Waals surface area contributed by atoms with Gasteiger partial charge in [0.2, 0.25) is 0 Å². The molecule has 0 spiro atoms. The lowest BCUT2D eigenvalue weighted by Gasteiger charge is -2.07. The Bertz CT molecular complexity index is 262. The van der Waals surface area contributed by atoms with Crippen LogP contribution in [-0.4, -0.2) is 11.1 Å². The summed E-state index contributed by atoms with van der Waals surface area (Å²) in [5.41, 5.74) is 1.08. The zero-order valence-corrected chi connectivity index (χ0v) is 7.03. The minimum Gasteiger partial charge on any atom is -0.481 e. The fourth-order valence-electron chi connectivity index (χ4n) is 1.16. The summed E-state index contributed by atoms with van der Waals surface area (Å²) in [6.45, 7) is 1.92. The van der Waals surface area contributed by atoms with Crippen molar-refractivity contribution in [3.8, 4) is 0 Å². The zero-order chi connectivity index (χ0) is 8.97. The predicted molar refractivity (Wildman–Crippen MR) is 51.3 cm³/mol. The lowest BCUT2D eigenvalue weighted by atomic mass is 9.98. The van der Waals surface area contributed by atoms with Gasteiger partial charge in [-0.05, 0) is 11.5 Å². The van der Waals surface area contributed by atoms with Crippen molar-refractivity contribution in [2.75, 3.05) is 0 Å². The highest BCUT2D eigenvalue weighted by Gasteiger charge is 2.08. The molecule has 2 heteroatoms. The summed E-state index contributed by atoms with van der Waals surface area (Å²) in [5, 5.41) is 8.55. The number of carboxylic acids is 1. The van der Waals surface area contributed by atoms with Crippen molar-refractivity contribution in [2.24, 2.45) is 0 Å². The fraction of sp³-hybridized carbons (Fsp3) is 0.300. The summed E-state index contributed by atoms with van der Waals surface area (Å²) in [4.78, 5) is 10.4. The van der Waals surface area contributed by atoms with Crippen molar-refractivity contribution in [3.63, 3.8) is 0 Å². The Labute approximate surface area is 74.8 Å². The van der Waals surface area contributed by atoms with Gasteiger partial charge in [0.15, 0.2) is 0 Å². The molecule has 0 aliphatic heterocycles. The fourth-order valence-corrected chi connectivity index (χ4v) is 1.16. The second kappa shape index (κ2) is 3.90. The maximum atomic E-state index is 10.4. The number of aliphatic carboxylic acids is 1. The standard InChI is InChI=1S/C10H12O2.2H2/c1-8(7-10(11)12)9-5-3-2-4-6-9;;/h2-6,8H,7H2,1H3,(H,11,12);2*1H. The molecule has 0 saturated carbocycles. The van der Waals surface area contributed by atoms with Crippen LogP contribution in [0.1, 0.15) is 27.7 Å². The van der Waals surface area contributed by atoms with E-state index in [1.807, 2.05) is 37.3 Å². The Kier molecular flexibility index (Phi) is 2.86. The molecule has 1 rings (SSSR count). The van der Waals surface area contributed by atoms with Crippen LogP contribution in [0.2, 0.25) is 0 Å². The van der Waals surface area contributed by atoms with Crippen LogP contribution in [0.4, 0.5) is 0 Å². The summed E-state index contributed by atoms with van der Waals surface area (Å²) >= 11 is 0. The third-order valence-corrected chi connectivity index (χ3v) is 1.85. The highest BCUT2D eigenvalue weighted by atomic mass is 16.4. The molecule has 0 amide bonds. The Morgan fingerprint density at radius 2 is 2.08 bits per heavy atom. The molecule has 2 nitrogen and oxygen atoms in total. The van der Waals surface area contributed by atoms with Gasteiger partial charge < -0.3 is 5.11 Å². The molecule has 0 heterocycles. The maximum absolute atomic E-state index is 10.4. The van der Waals surface area contributed by atoms with Crippen molar-refractivity contribution in [2.45, 2.75) is 19.3 Å². The van der Waals surface area contributed by atoms with E-state index in [0.29, 0.717) is 0 Å². The molecule has 68 valence electrons. The Morgan fingerprint density at radius 3 is 2.58 bits per heavy atom. The first kappa shape index (κ1) is 8.78. The van der Waals surface area contributed by atoms with Gasteiger partial charge in [-0.2, -0.15) is 0 Å². The van der Waals surface area contributed by atoms with Crippen LogP contribution < -0.4 is 0 Å². The van der Waals surface area contributed by atoms with E-state index in [1.165, 1.54) is 0 Å². The van der Waals surface area contributed by atoms with Crippen LogP contribution in [-0.2, 0) is 4.79 Å². The molecular weight excluding hydrogens is 152 g/mol. The first-order valence-corrected chi connectivity index (χ1v) is 3.97. The number of hydrogen-bond acceptors (Lipinski definition) is 1. The van der Waals surface area contributed by atoms with Crippen molar-refractivity contribution in [1.82, 2.24) is 0 Å². The summed E-state index contributed by atoms with van der Waals surface area (Å²) in [7, 11) is 0. The molecule has 0 aliphatic carbocycles. The third-order valence-electron chi connectivity index (χ3n) is 1.85. The molecule has 1 atom stereocenters. The van der Waals surface area contributed by atoms with E-state index in [1.54, 1.807) is 0 Å². The van der Waals surface area contributed by atoms with Gasteiger partial charge in [-0.3, -0.25) is 4.79 Å². The van der Waals surface area contributed by atoms with Gasteiger partial charge in [-0.1, -0.05) is 37.3 Å². The van der Waals surface area contributed by atoms with Crippen LogP contribution in [0.15, 0.2) is 30.3 Å². The summed E-state index contributed by atoms with van der Waals surface area (Å²) in [6, 6.07) is 9.68. The monoisotopic (exact) mass is 168 g/mol. The average Bonchev–Trinajstić information content (AvgIpc) is 2.05. The van der Waals surface area contributed by atoms with Gasteiger partial charge in [0.1, 0.15) is 0 Å². The van der Waals surface area contributed by atoms with Crippen molar-refractivity contribution >= 4 is 5.97 Å². The first-order valence-electron chi connectivity index (χ1n) is 3.97. The lowest BCUT2D eigenvalue weighted by Crippen LogP contribution is -2.02. The lowest BCUT2D eigenvalue weighted by molar-refractivity contribution is -0.137. The van der Waals surface area contributed by atoms with Crippen LogP contribution in [0.3, 0.4) is 0 Å². The smallest absolute Gasteiger partial charge is 0.303 e. The molecule has 0 aliphatic rings. The highest BCUT2D eigenvalue weighted by Crippen LogP contribution is 2.17. The van der Waals surface area contributed by atoms with Crippen LogP contribution in [0, 0.1) is 0 Å². The van der Waals surface area contributed by atoms with Gasteiger partial charge in [-0.15, -0.1) is 0 Å². The normalized spacial score (nSPS) is 12.4. The molecule has 0 fully saturated rings. The van der Waals surface area contributed by atoms with Crippen LogP contribution in [0.25, 0.3) is 0 Å². The van der Waals surface area contributed by atoms with E-state index in [4.69, 9.17) is 5.11 Å². The van der Waals surface area contributed by atoms with E-state index in [-0.39, 0.29) is 15.2 Å². The number of carboxylic acid groups (broad SMARTS) is 1. The third kappa shape index (κ3) is 2.38. The Morgan fingerprint density at radius 1 is 1.50 bits per heavy atom. The number of carbonyl (C=O) groups is 1. The van der Waals surface area contributed by atoms with Crippen molar-refractivity contribution in [3.05, 3.63) is 35.9 Å². The number of hydrogen-bond donors (Lipinski definition) is 1. The molecule has 0 radical (unpaired) electrons. The molecule has 1 aromatic rings. The second-order valence-corrected chi connectivity index (χ2v) is 2.91. The molecule has 1 aromatic carbocycles. The SMILES string of the molecule is CC(CC(=O)O)c1ccccc1.[HH].[HH]. The van der Waals surface area contributed by atoms with E-state index in [0.717, 1.165) is 5.56 Å². The Balaban J connectivity index is 0. The molecule has 1 unspecified atom stereocenters. The van der Waals surface area contributed by atoms with Crippen molar-refractivity contribution in [1.29, 1.82) is 0 Å². The number of benzene rings is 1. The van der Waals surface area contributed by atoms with Crippen LogP contribution in [0.5, 0.6) is 0 Å². The quantitative estimate of drug-likeness (QED) is 0.753. The molecule has 0 aromatic heterocycles. The van der Waals surface area contributed by atoms with Gasteiger partial charge >= 0.3 is 5.97 Å². The average molecular weight is 168 g/mol. The summed E-state index contributed by atoms with van der Waals surface area (Å²) in [5.74, 6) is -0.643. The molecular formula is C10H16O2. The first-order chi connectivity index (χ1) is 5.70. The number of rotatable bonds is 3. The van der Waals surface area contributed by atoms with E-state index < -0.39 is 5.97 Å². The topological polar surface area (TPSA) is 37.3 Å². The predicted octanol–water partition coefficient (Wildman–Crippen LogP) is 2.76.